The fourth-order valence-electron chi connectivity index (χ4n) is 1.68. The monoisotopic (exact) mass is 331 g/mol. The summed E-state index contributed by atoms with van der Waals surface area (Å²) in [7, 11) is 3.23. The highest BCUT2D eigenvalue weighted by molar-refractivity contribution is 9.10. The molecule has 0 aliphatic carbocycles. The van der Waals surface area contributed by atoms with Crippen LogP contribution in [0.4, 0.5) is 0 Å². The van der Waals surface area contributed by atoms with E-state index in [-0.39, 0.29) is 12.1 Å². The Labute approximate surface area is 123 Å². The lowest BCUT2D eigenvalue weighted by Crippen LogP contribution is -2.44. The molecule has 5 heteroatoms. The molecular weight excluding hydrogens is 310 g/mol. The Morgan fingerprint density at radius 2 is 2.00 bits per heavy atom. The van der Waals surface area contributed by atoms with Crippen LogP contribution in [0.15, 0.2) is 16.6 Å². The summed E-state index contributed by atoms with van der Waals surface area (Å²) in [5.74, 6) is 1.38. The lowest BCUT2D eigenvalue weighted by Gasteiger charge is -2.27. The number of aliphatic hydroxyl groups is 1. The maximum atomic E-state index is 9.38. The molecule has 0 bridgehead atoms. The highest BCUT2D eigenvalue weighted by atomic mass is 79.9. The number of nitrogens with one attached hydrogen (secondary N) is 1. The fraction of sp³-hybridized carbons (Fsp3) is 0.571. The summed E-state index contributed by atoms with van der Waals surface area (Å²) >= 11 is 3.47. The minimum Gasteiger partial charge on any atom is -0.493 e. The molecule has 0 aliphatic rings. The second kappa shape index (κ2) is 7.12. The average Bonchev–Trinajstić information content (AvgIpc) is 2.44. The van der Waals surface area contributed by atoms with E-state index < -0.39 is 0 Å². The number of hydrogen-bond acceptors (Lipinski definition) is 4. The zero-order valence-electron chi connectivity index (χ0n) is 11.9. The third-order valence-electron chi connectivity index (χ3n) is 3.34. The van der Waals surface area contributed by atoms with E-state index in [9.17, 15) is 5.11 Å². The van der Waals surface area contributed by atoms with E-state index in [2.05, 4.69) is 21.2 Å². The quantitative estimate of drug-likeness (QED) is 0.806. The van der Waals surface area contributed by atoms with Crippen LogP contribution < -0.4 is 14.8 Å². The molecule has 19 heavy (non-hydrogen) atoms. The smallest absolute Gasteiger partial charge is 0.174 e. The van der Waals surface area contributed by atoms with Gasteiger partial charge in [0.25, 0.3) is 0 Å². The van der Waals surface area contributed by atoms with Crippen molar-refractivity contribution in [3.63, 3.8) is 0 Å². The van der Waals surface area contributed by atoms with Gasteiger partial charge >= 0.3 is 0 Å². The Morgan fingerprint density at radius 1 is 1.32 bits per heavy atom. The van der Waals surface area contributed by atoms with Crippen LogP contribution in [0.1, 0.15) is 25.8 Å². The lowest BCUT2D eigenvalue weighted by molar-refractivity contribution is 0.169. The molecule has 0 heterocycles. The van der Waals surface area contributed by atoms with Crippen molar-refractivity contribution in [1.29, 1.82) is 0 Å². The van der Waals surface area contributed by atoms with Crippen molar-refractivity contribution in [3.05, 3.63) is 22.2 Å². The van der Waals surface area contributed by atoms with Gasteiger partial charge in [0.15, 0.2) is 11.5 Å². The van der Waals surface area contributed by atoms with Crippen LogP contribution in [0, 0.1) is 0 Å². The molecule has 0 aliphatic heterocycles. The highest BCUT2D eigenvalue weighted by Crippen LogP contribution is 2.36. The van der Waals surface area contributed by atoms with Crippen LogP contribution in [0.2, 0.25) is 0 Å². The molecule has 0 spiro atoms. The van der Waals surface area contributed by atoms with Crippen LogP contribution in [0.25, 0.3) is 0 Å². The van der Waals surface area contributed by atoms with Crippen LogP contribution in [-0.4, -0.2) is 31.5 Å². The largest absolute Gasteiger partial charge is 0.493 e. The van der Waals surface area contributed by atoms with Gasteiger partial charge < -0.3 is 19.9 Å². The number of ether oxygens (including phenoxy) is 2. The first-order chi connectivity index (χ1) is 8.99. The number of aliphatic hydroxyl groups excluding tert-OH is 1. The molecule has 0 saturated heterocycles. The molecule has 1 unspecified atom stereocenters. The van der Waals surface area contributed by atoms with Gasteiger partial charge in [-0.15, -0.1) is 0 Å². The van der Waals surface area contributed by atoms with E-state index in [0.29, 0.717) is 18.0 Å². The van der Waals surface area contributed by atoms with Crippen LogP contribution in [-0.2, 0) is 6.54 Å². The summed E-state index contributed by atoms with van der Waals surface area (Å²) in [4.78, 5) is 0. The predicted molar refractivity (Wildman–Crippen MR) is 79.9 cm³/mol. The molecule has 1 aromatic carbocycles. The minimum absolute atomic E-state index is 0.109. The normalized spacial score (nSPS) is 14.0. The molecule has 1 aromatic rings. The summed E-state index contributed by atoms with van der Waals surface area (Å²) in [5, 5.41) is 12.7. The first-order valence-corrected chi connectivity index (χ1v) is 7.05. The minimum atomic E-state index is -0.264. The van der Waals surface area contributed by atoms with E-state index in [1.807, 2.05) is 26.0 Å². The highest BCUT2D eigenvalue weighted by Gasteiger charge is 2.20. The van der Waals surface area contributed by atoms with Crippen molar-refractivity contribution in [2.24, 2.45) is 0 Å². The molecule has 108 valence electrons. The predicted octanol–water partition coefficient (Wildman–Crippen LogP) is 2.72. The summed E-state index contributed by atoms with van der Waals surface area (Å²) in [6.07, 6.45) is 0.859. The van der Waals surface area contributed by atoms with Crippen molar-refractivity contribution in [3.8, 4) is 11.5 Å². The van der Waals surface area contributed by atoms with E-state index >= 15 is 0 Å². The molecular formula is C14H22BrNO3. The lowest BCUT2D eigenvalue weighted by atomic mass is 10.00. The maximum Gasteiger partial charge on any atom is 0.174 e. The van der Waals surface area contributed by atoms with E-state index in [1.54, 1.807) is 14.2 Å². The molecule has 0 radical (unpaired) electrons. The number of hydrogen-bond donors (Lipinski definition) is 2. The zero-order valence-corrected chi connectivity index (χ0v) is 13.5. The van der Waals surface area contributed by atoms with Gasteiger partial charge in [-0.2, -0.15) is 0 Å². The van der Waals surface area contributed by atoms with Gasteiger partial charge in [-0.1, -0.05) is 6.92 Å². The summed E-state index contributed by atoms with van der Waals surface area (Å²) < 4.78 is 11.4. The van der Waals surface area contributed by atoms with E-state index in [1.165, 1.54) is 0 Å². The summed E-state index contributed by atoms with van der Waals surface area (Å²) in [5.41, 5.74) is 0.803. The number of benzene rings is 1. The van der Waals surface area contributed by atoms with Gasteiger partial charge in [-0.3, -0.25) is 0 Å². The van der Waals surface area contributed by atoms with Gasteiger partial charge in [0.05, 0.1) is 25.3 Å². The third kappa shape index (κ3) is 4.09. The van der Waals surface area contributed by atoms with Gasteiger partial charge in [-0.25, -0.2) is 0 Å². The SMILES string of the molecule is CCC(C)(CO)NCc1cc(Br)c(OC)c(OC)c1. The fourth-order valence-corrected chi connectivity index (χ4v) is 2.33. The third-order valence-corrected chi connectivity index (χ3v) is 3.93. The van der Waals surface area contributed by atoms with Crippen LogP contribution in [0.5, 0.6) is 11.5 Å². The van der Waals surface area contributed by atoms with Crippen LogP contribution in [0.3, 0.4) is 0 Å². The van der Waals surface area contributed by atoms with E-state index in [4.69, 9.17) is 9.47 Å². The van der Waals surface area contributed by atoms with Gasteiger partial charge in [0, 0.05) is 12.1 Å². The first kappa shape index (κ1) is 16.3. The average molecular weight is 332 g/mol. The molecule has 2 N–H and O–H groups in total. The topological polar surface area (TPSA) is 50.7 Å². The summed E-state index contributed by atoms with van der Waals surface area (Å²) in [6.45, 7) is 4.82. The molecule has 0 fully saturated rings. The molecule has 1 atom stereocenters. The summed E-state index contributed by atoms with van der Waals surface area (Å²) in [6, 6.07) is 3.92. The Balaban J connectivity index is 2.88. The Bertz CT molecular complexity index is 419. The van der Waals surface area contributed by atoms with Crippen molar-refractivity contribution in [2.45, 2.75) is 32.4 Å². The standard InChI is InChI=1S/C14H22BrNO3/c1-5-14(2,9-17)16-8-10-6-11(15)13(19-4)12(7-10)18-3/h6-7,16-17H,5,8-9H2,1-4H3. The van der Waals surface area contributed by atoms with Crippen molar-refractivity contribution in [1.82, 2.24) is 5.32 Å². The first-order valence-electron chi connectivity index (χ1n) is 6.26. The Hall–Kier alpha value is -0.780. The van der Waals surface area contributed by atoms with Crippen LogP contribution >= 0.6 is 15.9 Å². The van der Waals surface area contributed by atoms with Gasteiger partial charge in [0.2, 0.25) is 0 Å². The Kier molecular flexibility index (Phi) is 6.10. The van der Waals surface area contributed by atoms with Crippen molar-refractivity contribution >= 4 is 15.9 Å². The number of methoxy groups -OCH3 is 2. The number of halogens is 1. The molecule has 1 rings (SSSR count). The molecule has 0 aromatic heterocycles. The maximum absolute atomic E-state index is 9.38. The Morgan fingerprint density at radius 3 is 2.47 bits per heavy atom. The van der Waals surface area contributed by atoms with Crippen molar-refractivity contribution < 1.29 is 14.6 Å². The number of rotatable bonds is 7. The second-order valence-electron chi connectivity index (χ2n) is 4.74. The van der Waals surface area contributed by atoms with E-state index in [0.717, 1.165) is 16.5 Å². The molecule has 0 saturated carbocycles. The second-order valence-corrected chi connectivity index (χ2v) is 5.59. The molecule has 0 amide bonds. The van der Waals surface area contributed by atoms with Crippen molar-refractivity contribution in [2.75, 3.05) is 20.8 Å². The molecule has 4 nitrogen and oxygen atoms in total. The zero-order chi connectivity index (χ0) is 14.5. The van der Waals surface area contributed by atoms with Gasteiger partial charge in [-0.05, 0) is 47.0 Å². The van der Waals surface area contributed by atoms with Gasteiger partial charge in [0.1, 0.15) is 0 Å².